The number of carbonyl (C=O) groups excluding carboxylic acids is 1. The number of amidine groups is 1. The molecule has 0 radical (unpaired) electrons. The Morgan fingerprint density at radius 3 is 2.52 bits per heavy atom. The Hall–Kier alpha value is -2.25. The zero-order chi connectivity index (χ0) is 24.3. The number of hydrazone groups is 1. The number of nitrogens with one attached hydrogen (secondary N) is 1. The third kappa shape index (κ3) is 4.10. The molecule has 3 aliphatic rings. The van der Waals surface area contributed by atoms with Crippen LogP contribution in [0.1, 0.15) is 83.8 Å². The quantitative estimate of drug-likeness (QED) is 0.585. The first-order valence-electron chi connectivity index (χ1n) is 11.9. The maximum absolute atomic E-state index is 13.9. The first kappa shape index (κ1) is 23.9. The number of rotatable bonds is 5. The van der Waals surface area contributed by atoms with Gasteiger partial charge in [-0.1, -0.05) is 34.1 Å². The summed E-state index contributed by atoms with van der Waals surface area (Å²) in [4.78, 5) is 14.1. The minimum absolute atomic E-state index is 0.0715. The van der Waals surface area contributed by atoms with Crippen LogP contribution in [-0.2, 0) is 4.79 Å². The molecule has 2 heterocycles. The van der Waals surface area contributed by atoms with Gasteiger partial charge in [0, 0.05) is 0 Å². The van der Waals surface area contributed by atoms with Gasteiger partial charge < -0.3 is 9.64 Å². The fourth-order valence-electron chi connectivity index (χ4n) is 5.61. The first-order valence-corrected chi connectivity index (χ1v) is 11.9. The molecule has 0 bridgehead atoms. The molecule has 4 rings (SSSR count). The Kier molecular flexibility index (Phi) is 5.94. The van der Waals surface area contributed by atoms with Crippen LogP contribution in [0.25, 0.3) is 0 Å². The summed E-state index contributed by atoms with van der Waals surface area (Å²) >= 11 is 0. The minimum Gasteiger partial charge on any atom is -0.483 e. The standard InChI is InChI=1S/C25H34F3N3O2/c1-7-24(6)10-17(11-24)13(2)14(3)18-8-20-21(9-19(18)15(4)25(26,27)28)33-12-22-29-30-23(32)16(5)31(20)22/h8-9,13-17H,7,10-12H2,1-6H3,(H,30,32). The fourth-order valence-corrected chi connectivity index (χ4v) is 5.61. The highest BCUT2D eigenvalue weighted by Crippen LogP contribution is 2.54. The number of benzene rings is 1. The van der Waals surface area contributed by atoms with Gasteiger partial charge in [-0.2, -0.15) is 18.3 Å². The van der Waals surface area contributed by atoms with Crippen molar-refractivity contribution in [2.45, 2.75) is 84.9 Å². The average molecular weight is 466 g/mol. The van der Waals surface area contributed by atoms with E-state index in [0.29, 0.717) is 34.2 Å². The monoisotopic (exact) mass is 465 g/mol. The van der Waals surface area contributed by atoms with Crippen LogP contribution in [0.5, 0.6) is 5.75 Å². The van der Waals surface area contributed by atoms with Crippen molar-refractivity contribution in [3.63, 3.8) is 0 Å². The molecule has 1 saturated carbocycles. The molecule has 1 amide bonds. The number of nitrogens with zero attached hydrogens (tertiary/aromatic N) is 2. The predicted molar refractivity (Wildman–Crippen MR) is 123 cm³/mol. The Balaban J connectivity index is 1.77. The second-order valence-corrected chi connectivity index (χ2v) is 10.5. The lowest BCUT2D eigenvalue weighted by molar-refractivity contribution is -0.146. The highest BCUT2D eigenvalue weighted by atomic mass is 19.4. The molecule has 1 aromatic carbocycles. The van der Waals surface area contributed by atoms with Gasteiger partial charge in [0.15, 0.2) is 5.84 Å². The summed E-state index contributed by atoms with van der Waals surface area (Å²) in [5, 5.41) is 4.10. The summed E-state index contributed by atoms with van der Waals surface area (Å²) < 4.78 is 47.4. The van der Waals surface area contributed by atoms with E-state index in [1.165, 1.54) is 6.92 Å². The van der Waals surface area contributed by atoms with Gasteiger partial charge in [0.05, 0.1) is 11.6 Å². The van der Waals surface area contributed by atoms with Gasteiger partial charge in [0.2, 0.25) is 0 Å². The van der Waals surface area contributed by atoms with Crippen molar-refractivity contribution in [2.24, 2.45) is 22.4 Å². The lowest BCUT2D eigenvalue weighted by atomic mass is 9.56. The zero-order valence-corrected chi connectivity index (χ0v) is 20.2. The molecule has 182 valence electrons. The molecule has 1 fully saturated rings. The first-order chi connectivity index (χ1) is 15.4. The molecule has 4 atom stereocenters. The fraction of sp³-hybridized carbons (Fsp3) is 0.680. The molecule has 0 spiro atoms. The summed E-state index contributed by atoms with van der Waals surface area (Å²) in [5.74, 6) is -0.295. The maximum Gasteiger partial charge on any atom is 0.395 e. The van der Waals surface area contributed by atoms with Crippen molar-refractivity contribution in [3.8, 4) is 5.75 Å². The molecule has 1 N–H and O–H groups in total. The van der Waals surface area contributed by atoms with Gasteiger partial charge >= 0.3 is 6.18 Å². The number of ether oxygens (including phenoxy) is 1. The van der Waals surface area contributed by atoms with Crippen LogP contribution in [0.2, 0.25) is 0 Å². The van der Waals surface area contributed by atoms with Crippen LogP contribution in [0.15, 0.2) is 17.2 Å². The van der Waals surface area contributed by atoms with Crippen molar-refractivity contribution in [1.29, 1.82) is 0 Å². The van der Waals surface area contributed by atoms with E-state index >= 15 is 0 Å². The lowest BCUT2D eigenvalue weighted by Gasteiger charge is -2.49. The summed E-state index contributed by atoms with van der Waals surface area (Å²) in [5.41, 5.74) is 4.38. The van der Waals surface area contributed by atoms with E-state index < -0.39 is 18.1 Å². The van der Waals surface area contributed by atoms with Gasteiger partial charge in [-0.3, -0.25) is 4.79 Å². The van der Waals surface area contributed by atoms with Gasteiger partial charge in [0.1, 0.15) is 18.4 Å². The number of amides is 1. The van der Waals surface area contributed by atoms with E-state index in [9.17, 15) is 18.0 Å². The Bertz CT molecular complexity index is 968. The van der Waals surface area contributed by atoms with Crippen LogP contribution < -0.4 is 15.1 Å². The summed E-state index contributed by atoms with van der Waals surface area (Å²) in [7, 11) is 0. The number of halogens is 3. The summed E-state index contributed by atoms with van der Waals surface area (Å²) in [6.07, 6.45) is -1.03. The highest BCUT2D eigenvalue weighted by molar-refractivity contribution is 6.09. The van der Waals surface area contributed by atoms with Crippen LogP contribution >= 0.6 is 0 Å². The van der Waals surface area contributed by atoms with E-state index in [1.807, 2.05) is 13.0 Å². The van der Waals surface area contributed by atoms with Gasteiger partial charge in [-0.05, 0) is 73.1 Å². The molecule has 0 aromatic heterocycles. The SMILES string of the molecule is CCC1(C)CC(C(C)C(C)c2cc3c(cc2C(C)C(F)(F)F)OCC2=NNC(=O)C(C)N23)C1. The molecule has 33 heavy (non-hydrogen) atoms. The number of carbonyl (C=O) groups is 1. The Labute approximate surface area is 193 Å². The Morgan fingerprint density at radius 1 is 1.24 bits per heavy atom. The molecular weight excluding hydrogens is 431 g/mol. The van der Waals surface area contributed by atoms with Crippen LogP contribution in [0.4, 0.5) is 18.9 Å². The van der Waals surface area contributed by atoms with Crippen molar-refractivity contribution < 1.29 is 22.7 Å². The van der Waals surface area contributed by atoms with E-state index in [1.54, 1.807) is 17.9 Å². The van der Waals surface area contributed by atoms with Crippen molar-refractivity contribution in [3.05, 3.63) is 23.3 Å². The minimum atomic E-state index is -4.36. The predicted octanol–water partition coefficient (Wildman–Crippen LogP) is 5.95. The topological polar surface area (TPSA) is 53.9 Å². The van der Waals surface area contributed by atoms with Crippen LogP contribution in [-0.4, -0.2) is 30.6 Å². The zero-order valence-electron chi connectivity index (χ0n) is 20.2. The molecule has 2 aliphatic heterocycles. The molecule has 4 unspecified atom stereocenters. The second-order valence-electron chi connectivity index (χ2n) is 10.5. The van der Waals surface area contributed by atoms with Crippen LogP contribution in [0.3, 0.4) is 0 Å². The smallest absolute Gasteiger partial charge is 0.395 e. The Morgan fingerprint density at radius 2 is 1.91 bits per heavy atom. The molecule has 8 heteroatoms. The number of fused-ring (bicyclic) bond motifs is 3. The largest absolute Gasteiger partial charge is 0.483 e. The van der Waals surface area contributed by atoms with E-state index in [4.69, 9.17) is 4.74 Å². The van der Waals surface area contributed by atoms with Gasteiger partial charge in [-0.25, -0.2) is 5.43 Å². The molecule has 5 nitrogen and oxygen atoms in total. The molecule has 1 aliphatic carbocycles. The normalized spacial score (nSPS) is 29.5. The van der Waals surface area contributed by atoms with Gasteiger partial charge in [-0.15, -0.1) is 0 Å². The van der Waals surface area contributed by atoms with Crippen molar-refractivity contribution >= 4 is 17.4 Å². The molecule has 1 aromatic rings. The number of hydrogen-bond acceptors (Lipinski definition) is 4. The highest BCUT2D eigenvalue weighted by Gasteiger charge is 2.45. The maximum atomic E-state index is 13.9. The van der Waals surface area contributed by atoms with Crippen LogP contribution in [0, 0.1) is 17.3 Å². The van der Waals surface area contributed by atoms with Crippen molar-refractivity contribution in [2.75, 3.05) is 11.5 Å². The number of anilines is 1. The van der Waals surface area contributed by atoms with E-state index in [-0.39, 0.29) is 29.9 Å². The summed E-state index contributed by atoms with van der Waals surface area (Å²) in [6, 6.07) is 2.83. The molecule has 0 saturated heterocycles. The van der Waals surface area contributed by atoms with E-state index in [0.717, 1.165) is 19.3 Å². The molecular formula is C25H34F3N3O2. The average Bonchev–Trinajstić information content (AvgIpc) is 2.75. The number of hydrogen-bond donors (Lipinski definition) is 1. The second kappa shape index (κ2) is 8.20. The lowest BCUT2D eigenvalue weighted by Crippen LogP contribution is -2.55. The third-order valence-electron chi connectivity index (χ3n) is 8.46. The van der Waals surface area contributed by atoms with Gasteiger partial charge in [0.25, 0.3) is 5.91 Å². The summed E-state index contributed by atoms with van der Waals surface area (Å²) in [6.45, 7) is 11.8. The number of alkyl halides is 3. The van der Waals surface area contributed by atoms with Crippen molar-refractivity contribution in [1.82, 2.24) is 5.43 Å². The third-order valence-corrected chi connectivity index (χ3v) is 8.46. The van der Waals surface area contributed by atoms with E-state index in [2.05, 4.69) is 31.3 Å².